The average molecular weight is 422 g/mol. The zero-order valence-electron chi connectivity index (χ0n) is 18.4. The minimum Gasteiger partial charge on any atom is -0.497 e. The van der Waals surface area contributed by atoms with Crippen LogP contribution in [0.3, 0.4) is 0 Å². The largest absolute Gasteiger partial charge is 0.497 e. The highest BCUT2D eigenvalue weighted by molar-refractivity contribution is 6.01. The van der Waals surface area contributed by atoms with E-state index in [4.69, 9.17) is 4.74 Å². The number of ether oxygens (including phenoxy) is 1. The quantitative estimate of drug-likeness (QED) is 0.742. The third-order valence-corrected chi connectivity index (χ3v) is 6.35. The van der Waals surface area contributed by atoms with Gasteiger partial charge in [-0.2, -0.15) is 0 Å². The molecular weight excluding hydrogens is 390 g/mol. The number of amides is 2. The number of methoxy groups -OCH3 is 1. The molecule has 1 atom stereocenters. The van der Waals surface area contributed by atoms with E-state index in [2.05, 4.69) is 17.0 Å². The van der Waals surface area contributed by atoms with Crippen LogP contribution in [0.15, 0.2) is 48.5 Å². The van der Waals surface area contributed by atoms with E-state index in [0.717, 1.165) is 48.6 Å². The number of fused-ring (bicyclic) bond motifs is 1. The molecule has 2 aromatic rings. The third kappa shape index (κ3) is 4.38. The summed E-state index contributed by atoms with van der Waals surface area (Å²) in [6.07, 6.45) is 2.80. The van der Waals surface area contributed by atoms with Crippen LogP contribution < -0.4 is 14.5 Å². The van der Waals surface area contributed by atoms with Gasteiger partial charge in [0.05, 0.1) is 7.11 Å². The summed E-state index contributed by atoms with van der Waals surface area (Å²) in [4.78, 5) is 32.5. The standard InChI is InChI=1S/C25H31N3O3/c1-3-22(28-23-12-5-4-8-19(23)9-6-13-24(28)29)25(30)27-16-14-26(15-17-27)20-10-7-11-21(18-20)31-2/h4-5,7-8,10-12,18,22H,3,6,9,13-17H2,1-2H3/t22-/m0/s1. The van der Waals surface area contributed by atoms with Crippen molar-refractivity contribution in [2.75, 3.05) is 43.1 Å². The number of hydrogen-bond acceptors (Lipinski definition) is 4. The number of anilines is 2. The average Bonchev–Trinajstić information content (AvgIpc) is 2.98. The van der Waals surface area contributed by atoms with Crippen LogP contribution >= 0.6 is 0 Å². The number of nitrogens with zero attached hydrogens (tertiary/aromatic N) is 3. The molecule has 2 amide bonds. The first-order chi connectivity index (χ1) is 15.1. The maximum atomic E-state index is 13.5. The van der Waals surface area contributed by atoms with Crippen LogP contribution in [-0.2, 0) is 16.0 Å². The number of benzene rings is 2. The van der Waals surface area contributed by atoms with Gasteiger partial charge in [0.15, 0.2) is 0 Å². The van der Waals surface area contributed by atoms with Crippen LogP contribution in [0.4, 0.5) is 11.4 Å². The van der Waals surface area contributed by atoms with Gasteiger partial charge in [0.25, 0.3) is 0 Å². The Bertz CT molecular complexity index is 937. The van der Waals surface area contributed by atoms with Gasteiger partial charge in [-0.05, 0) is 43.0 Å². The number of carbonyl (C=O) groups excluding carboxylic acids is 2. The molecule has 0 saturated carbocycles. The number of carbonyl (C=O) groups is 2. The molecule has 1 fully saturated rings. The summed E-state index contributed by atoms with van der Waals surface area (Å²) in [6, 6.07) is 15.6. The van der Waals surface area contributed by atoms with Crippen LogP contribution in [0.5, 0.6) is 5.75 Å². The smallest absolute Gasteiger partial charge is 0.245 e. The number of piperazine rings is 1. The van der Waals surface area contributed by atoms with E-state index >= 15 is 0 Å². The lowest BCUT2D eigenvalue weighted by atomic mass is 10.1. The van der Waals surface area contributed by atoms with E-state index in [0.29, 0.717) is 25.9 Å². The van der Waals surface area contributed by atoms with E-state index in [1.807, 2.05) is 48.2 Å². The first-order valence-electron chi connectivity index (χ1n) is 11.2. The molecule has 0 bridgehead atoms. The first kappa shape index (κ1) is 21.2. The molecule has 0 unspecified atom stereocenters. The molecule has 164 valence electrons. The number of aryl methyl sites for hydroxylation is 1. The van der Waals surface area contributed by atoms with Gasteiger partial charge in [-0.15, -0.1) is 0 Å². The molecule has 2 heterocycles. The van der Waals surface area contributed by atoms with E-state index in [9.17, 15) is 9.59 Å². The summed E-state index contributed by atoms with van der Waals surface area (Å²) in [5.41, 5.74) is 3.16. The summed E-state index contributed by atoms with van der Waals surface area (Å²) in [5.74, 6) is 0.943. The summed E-state index contributed by atoms with van der Waals surface area (Å²) < 4.78 is 5.34. The number of hydrogen-bond donors (Lipinski definition) is 0. The van der Waals surface area contributed by atoms with Crippen molar-refractivity contribution < 1.29 is 14.3 Å². The van der Waals surface area contributed by atoms with Crippen LogP contribution in [0, 0.1) is 0 Å². The second-order valence-electron chi connectivity index (χ2n) is 8.18. The molecule has 6 heteroatoms. The monoisotopic (exact) mass is 421 g/mol. The Morgan fingerprint density at radius 2 is 1.81 bits per heavy atom. The Balaban J connectivity index is 1.49. The fourth-order valence-electron chi connectivity index (χ4n) is 4.65. The van der Waals surface area contributed by atoms with Crippen molar-refractivity contribution in [2.24, 2.45) is 0 Å². The molecule has 2 aliphatic rings. The van der Waals surface area contributed by atoms with Crippen LogP contribution in [0.1, 0.15) is 31.7 Å². The molecule has 0 spiro atoms. The van der Waals surface area contributed by atoms with Gasteiger partial charge in [0.2, 0.25) is 11.8 Å². The van der Waals surface area contributed by atoms with Gasteiger partial charge in [-0.3, -0.25) is 14.5 Å². The molecule has 0 N–H and O–H groups in total. The SMILES string of the molecule is CC[C@@H](C(=O)N1CCN(c2cccc(OC)c2)CC1)N1C(=O)CCCc2ccccc21. The lowest BCUT2D eigenvalue weighted by Crippen LogP contribution is -2.56. The van der Waals surface area contributed by atoms with Crippen LogP contribution in [-0.4, -0.2) is 56.0 Å². The van der Waals surface area contributed by atoms with Gasteiger partial charge in [0.1, 0.15) is 11.8 Å². The minimum absolute atomic E-state index is 0.0536. The van der Waals surface area contributed by atoms with Gasteiger partial charge >= 0.3 is 0 Å². The fourth-order valence-corrected chi connectivity index (χ4v) is 4.65. The molecule has 31 heavy (non-hydrogen) atoms. The van der Waals surface area contributed by atoms with Crippen LogP contribution in [0.2, 0.25) is 0 Å². The Morgan fingerprint density at radius 3 is 2.55 bits per heavy atom. The van der Waals surface area contributed by atoms with E-state index in [1.54, 1.807) is 12.0 Å². The van der Waals surface area contributed by atoms with Crippen molar-refractivity contribution in [1.82, 2.24) is 4.90 Å². The molecule has 0 radical (unpaired) electrons. The lowest BCUT2D eigenvalue weighted by Gasteiger charge is -2.40. The highest BCUT2D eigenvalue weighted by Crippen LogP contribution is 2.30. The molecular formula is C25H31N3O3. The molecule has 2 aromatic carbocycles. The zero-order chi connectivity index (χ0) is 21.8. The fraction of sp³-hybridized carbons (Fsp3) is 0.440. The summed E-state index contributed by atoms with van der Waals surface area (Å²) in [7, 11) is 1.67. The first-order valence-corrected chi connectivity index (χ1v) is 11.2. The van der Waals surface area contributed by atoms with Crippen molar-refractivity contribution in [3.8, 4) is 5.75 Å². The van der Waals surface area contributed by atoms with Crippen molar-refractivity contribution in [3.05, 3.63) is 54.1 Å². The van der Waals surface area contributed by atoms with E-state index in [1.165, 1.54) is 0 Å². The van der Waals surface area contributed by atoms with Gasteiger partial charge in [-0.1, -0.05) is 31.2 Å². The van der Waals surface area contributed by atoms with Gasteiger partial charge in [-0.25, -0.2) is 0 Å². The topological polar surface area (TPSA) is 53.1 Å². The molecule has 6 nitrogen and oxygen atoms in total. The maximum absolute atomic E-state index is 13.5. The van der Waals surface area contributed by atoms with Gasteiger partial charge in [0, 0.05) is 50.0 Å². The predicted molar refractivity (Wildman–Crippen MR) is 123 cm³/mol. The van der Waals surface area contributed by atoms with Crippen molar-refractivity contribution >= 4 is 23.2 Å². The van der Waals surface area contributed by atoms with E-state index < -0.39 is 6.04 Å². The Kier molecular flexibility index (Phi) is 6.44. The van der Waals surface area contributed by atoms with Crippen molar-refractivity contribution in [2.45, 2.75) is 38.6 Å². The van der Waals surface area contributed by atoms with Crippen molar-refractivity contribution in [3.63, 3.8) is 0 Å². The molecule has 0 aliphatic carbocycles. The highest BCUT2D eigenvalue weighted by atomic mass is 16.5. The van der Waals surface area contributed by atoms with Crippen molar-refractivity contribution in [1.29, 1.82) is 0 Å². The Hall–Kier alpha value is -3.02. The Labute approximate surface area is 184 Å². The predicted octanol–water partition coefficient (Wildman–Crippen LogP) is 3.49. The van der Waals surface area contributed by atoms with Gasteiger partial charge < -0.3 is 14.5 Å². The second kappa shape index (κ2) is 9.41. The zero-order valence-corrected chi connectivity index (χ0v) is 18.4. The lowest BCUT2D eigenvalue weighted by molar-refractivity contribution is -0.135. The third-order valence-electron chi connectivity index (χ3n) is 6.35. The maximum Gasteiger partial charge on any atom is 0.245 e. The molecule has 4 rings (SSSR count). The second-order valence-corrected chi connectivity index (χ2v) is 8.18. The summed E-state index contributed by atoms with van der Waals surface area (Å²) in [5, 5.41) is 0. The summed E-state index contributed by atoms with van der Waals surface area (Å²) in [6.45, 7) is 4.82. The van der Waals surface area contributed by atoms with E-state index in [-0.39, 0.29) is 11.8 Å². The number of para-hydroxylation sites is 1. The number of rotatable bonds is 5. The normalized spacial score (nSPS) is 17.7. The highest BCUT2D eigenvalue weighted by Gasteiger charge is 2.35. The molecule has 1 saturated heterocycles. The Morgan fingerprint density at radius 1 is 1.03 bits per heavy atom. The van der Waals surface area contributed by atoms with Crippen LogP contribution in [0.25, 0.3) is 0 Å². The molecule has 0 aromatic heterocycles. The summed E-state index contributed by atoms with van der Waals surface area (Å²) >= 11 is 0. The molecule has 2 aliphatic heterocycles. The minimum atomic E-state index is -0.449.